The highest BCUT2D eigenvalue weighted by atomic mass is 32.2. The average Bonchev–Trinajstić information content (AvgIpc) is 2.80. The summed E-state index contributed by atoms with van der Waals surface area (Å²) in [5.74, 6) is -0.583. The van der Waals surface area contributed by atoms with E-state index in [2.05, 4.69) is 15.3 Å². The van der Waals surface area contributed by atoms with Gasteiger partial charge in [-0.25, -0.2) is 13.4 Å². The molecular formula is C11H14N4O3S. The Balaban J connectivity index is 2.52. The van der Waals surface area contributed by atoms with Gasteiger partial charge in [-0.2, -0.15) is 0 Å². The third-order valence-electron chi connectivity index (χ3n) is 2.83. The maximum Gasteiger partial charge on any atom is 0.238 e. The summed E-state index contributed by atoms with van der Waals surface area (Å²) in [6.45, 7) is 1.32. The lowest BCUT2D eigenvalue weighted by molar-refractivity contribution is -0.119. The molecule has 0 spiro atoms. The van der Waals surface area contributed by atoms with Crippen LogP contribution in [0.5, 0.6) is 0 Å². The molecule has 1 unspecified atom stereocenters. The number of nitrogens with zero attached hydrogens (tertiary/aromatic N) is 1. The second kappa shape index (κ2) is 4.54. The van der Waals surface area contributed by atoms with E-state index in [4.69, 9.17) is 5.73 Å². The molecule has 1 aromatic carbocycles. The molecule has 0 saturated carbocycles. The van der Waals surface area contributed by atoms with Crippen molar-refractivity contribution in [2.24, 2.45) is 0 Å². The third-order valence-corrected chi connectivity index (χ3v) is 4.71. The number of imidazole rings is 1. The lowest BCUT2D eigenvalue weighted by Gasteiger charge is -2.08. The van der Waals surface area contributed by atoms with E-state index in [0.717, 1.165) is 0 Å². The Hall–Kier alpha value is -2.09. The molecule has 7 nitrogen and oxygen atoms in total. The number of aromatic nitrogens is 2. The number of carbonyl (C=O) groups excluding carboxylic acids is 1. The Kier molecular flexibility index (Phi) is 3.19. The van der Waals surface area contributed by atoms with E-state index >= 15 is 0 Å². The van der Waals surface area contributed by atoms with Crippen LogP contribution in [0.2, 0.25) is 0 Å². The molecule has 0 aliphatic carbocycles. The molecule has 0 radical (unpaired) electrons. The minimum Gasteiger partial charge on any atom is -0.399 e. The molecular weight excluding hydrogens is 268 g/mol. The fraction of sp³-hybridized carbons (Fsp3) is 0.273. The number of sulfone groups is 1. The molecule has 0 saturated heterocycles. The first-order valence-electron chi connectivity index (χ1n) is 5.57. The third kappa shape index (κ3) is 2.26. The van der Waals surface area contributed by atoms with E-state index in [9.17, 15) is 13.2 Å². The fourth-order valence-electron chi connectivity index (χ4n) is 1.65. The predicted molar refractivity (Wildman–Crippen MR) is 71.2 cm³/mol. The Morgan fingerprint density at radius 1 is 1.47 bits per heavy atom. The summed E-state index contributed by atoms with van der Waals surface area (Å²) in [4.78, 5) is 18.1. The Labute approximate surface area is 110 Å². The van der Waals surface area contributed by atoms with Crippen molar-refractivity contribution >= 4 is 32.5 Å². The van der Waals surface area contributed by atoms with Crippen molar-refractivity contribution in [1.29, 1.82) is 0 Å². The number of anilines is 1. The minimum absolute atomic E-state index is 0.232. The first-order chi connectivity index (χ1) is 8.86. The van der Waals surface area contributed by atoms with Crippen molar-refractivity contribution in [2.45, 2.75) is 17.3 Å². The lowest BCUT2D eigenvalue weighted by Crippen LogP contribution is -2.36. The van der Waals surface area contributed by atoms with Crippen LogP contribution in [0.3, 0.4) is 0 Å². The molecule has 1 atom stereocenters. The molecule has 2 aromatic rings. The topological polar surface area (TPSA) is 118 Å². The number of carbonyl (C=O) groups is 1. The molecule has 0 bridgehead atoms. The summed E-state index contributed by atoms with van der Waals surface area (Å²) in [7, 11) is -2.46. The number of hydrogen-bond donors (Lipinski definition) is 3. The minimum atomic E-state index is -3.84. The van der Waals surface area contributed by atoms with E-state index in [0.29, 0.717) is 16.7 Å². The SMILES string of the molecule is CNC(=O)C(C)S(=O)(=O)c1nc2ccc(N)cc2[nH]1. The van der Waals surface area contributed by atoms with Gasteiger partial charge in [0.25, 0.3) is 0 Å². The van der Waals surface area contributed by atoms with Crippen LogP contribution in [0, 0.1) is 0 Å². The van der Waals surface area contributed by atoms with Crippen LogP contribution in [0.25, 0.3) is 11.0 Å². The van der Waals surface area contributed by atoms with E-state index in [-0.39, 0.29) is 5.16 Å². The molecule has 1 aromatic heterocycles. The number of benzene rings is 1. The van der Waals surface area contributed by atoms with Gasteiger partial charge in [0.15, 0.2) is 0 Å². The average molecular weight is 282 g/mol. The zero-order chi connectivity index (χ0) is 14.2. The van der Waals surface area contributed by atoms with Crippen LogP contribution in [0.4, 0.5) is 5.69 Å². The quantitative estimate of drug-likeness (QED) is 0.688. The van der Waals surface area contributed by atoms with Crippen molar-refractivity contribution < 1.29 is 13.2 Å². The maximum atomic E-state index is 12.2. The summed E-state index contributed by atoms with van der Waals surface area (Å²) >= 11 is 0. The summed E-state index contributed by atoms with van der Waals surface area (Å²) < 4.78 is 24.4. The predicted octanol–water partition coefficient (Wildman–Crippen LogP) is 0.0533. The largest absolute Gasteiger partial charge is 0.399 e. The molecule has 1 heterocycles. The van der Waals surface area contributed by atoms with Crippen molar-refractivity contribution in [3.05, 3.63) is 18.2 Å². The van der Waals surface area contributed by atoms with Crippen LogP contribution in [0.15, 0.2) is 23.4 Å². The summed E-state index contributed by atoms with van der Waals surface area (Å²) in [5, 5.41) is 0.859. The fourth-order valence-corrected chi connectivity index (χ4v) is 2.86. The smallest absolute Gasteiger partial charge is 0.238 e. The van der Waals surface area contributed by atoms with Crippen molar-refractivity contribution in [1.82, 2.24) is 15.3 Å². The number of rotatable bonds is 3. The first-order valence-corrected chi connectivity index (χ1v) is 7.11. The molecule has 0 fully saturated rings. The molecule has 1 amide bonds. The van der Waals surface area contributed by atoms with Gasteiger partial charge >= 0.3 is 0 Å². The van der Waals surface area contributed by atoms with Crippen molar-refractivity contribution in [3.8, 4) is 0 Å². The van der Waals surface area contributed by atoms with Gasteiger partial charge in [-0.1, -0.05) is 0 Å². The van der Waals surface area contributed by atoms with E-state index < -0.39 is 21.0 Å². The van der Waals surface area contributed by atoms with Crippen molar-refractivity contribution in [3.63, 3.8) is 0 Å². The summed E-state index contributed by atoms with van der Waals surface area (Å²) in [5.41, 5.74) is 7.11. The first kappa shape index (κ1) is 13.3. The molecule has 0 aliphatic heterocycles. The second-order valence-corrected chi connectivity index (χ2v) is 6.30. The standard InChI is InChI=1S/C11H14N4O3S/c1-6(10(16)13-2)19(17,18)11-14-8-4-3-7(12)5-9(8)15-11/h3-6H,12H2,1-2H3,(H,13,16)(H,14,15). The zero-order valence-corrected chi connectivity index (χ0v) is 11.3. The van der Waals surface area contributed by atoms with Crippen molar-refractivity contribution in [2.75, 3.05) is 12.8 Å². The molecule has 4 N–H and O–H groups in total. The number of nitrogen functional groups attached to an aromatic ring is 1. The number of aromatic amines is 1. The van der Waals surface area contributed by atoms with Crippen LogP contribution in [0.1, 0.15) is 6.92 Å². The molecule has 2 rings (SSSR count). The number of nitrogens with two attached hydrogens (primary N) is 1. The van der Waals surface area contributed by atoms with Crippen LogP contribution in [-0.4, -0.2) is 36.6 Å². The maximum absolute atomic E-state index is 12.2. The van der Waals surface area contributed by atoms with Gasteiger partial charge < -0.3 is 16.0 Å². The second-order valence-electron chi connectivity index (χ2n) is 4.12. The monoisotopic (exact) mass is 282 g/mol. The van der Waals surface area contributed by atoms with E-state index in [1.54, 1.807) is 18.2 Å². The van der Waals surface area contributed by atoms with Gasteiger partial charge in [0.05, 0.1) is 11.0 Å². The normalized spacial score (nSPS) is 13.4. The van der Waals surface area contributed by atoms with Gasteiger partial charge in [-0.05, 0) is 25.1 Å². The number of fused-ring (bicyclic) bond motifs is 1. The van der Waals surface area contributed by atoms with Gasteiger partial charge in [0.2, 0.25) is 20.9 Å². The Bertz CT molecular complexity index is 735. The molecule has 102 valence electrons. The highest BCUT2D eigenvalue weighted by Gasteiger charge is 2.31. The van der Waals surface area contributed by atoms with E-state index in [1.165, 1.54) is 14.0 Å². The van der Waals surface area contributed by atoms with E-state index in [1.807, 2.05) is 0 Å². The van der Waals surface area contributed by atoms with Crippen LogP contribution >= 0.6 is 0 Å². The lowest BCUT2D eigenvalue weighted by atomic mass is 10.3. The Morgan fingerprint density at radius 2 is 2.16 bits per heavy atom. The highest BCUT2D eigenvalue weighted by molar-refractivity contribution is 7.92. The zero-order valence-electron chi connectivity index (χ0n) is 10.5. The van der Waals surface area contributed by atoms with Gasteiger partial charge in [-0.3, -0.25) is 4.79 Å². The molecule has 0 aliphatic rings. The highest BCUT2D eigenvalue weighted by Crippen LogP contribution is 2.20. The number of amides is 1. The Morgan fingerprint density at radius 3 is 2.79 bits per heavy atom. The van der Waals surface area contributed by atoms with Gasteiger partial charge in [-0.15, -0.1) is 0 Å². The van der Waals surface area contributed by atoms with Gasteiger partial charge in [0, 0.05) is 12.7 Å². The number of nitrogens with one attached hydrogen (secondary N) is 2. The summed E-state index contributed by atoms with van der Waals surface area (Å²) in [6.07, 6.45) is 0. The molecule has 8 heteroatoms. The van der Waals surface area contributed by atoms with Gasteiger partial charge in [0.1, 0.15) is 5.25 Å². The van der Waals surface area contributed by atoms with Crippen LogP contribution in [-0.2, 0) is 14.6 Å². The number of H-pyrrole nitrogens is 1. The molecule has 19 heavy (non-hydrogen) atoms. The van der Waals surface area contributed by atoms with Crippen LogP contribution < -0.4 is 11.1 Å². The summed E-state index contributed by atoms with van der Waals surface area (Å²) in [6, 6.07) is 4.83. The number of hydrogen-bond acceptors (Lipinski definition) is 5.